The van der Waals surface area contributed by atoms with E-state index in [1.807, 2.05) is 0 Å². The number of rotatable bonds is 12. The quantitative estimate of drug-likeness (QED) is 0.0928. The molecule has 0 saturated carbocycles. The van der Waals surface area contributed by atoms with E-state index in [1.54, 1.807) is 0 Å². The number of hydrogen-bond acceptors (Lipinski definition) is 7. The minimum atomic E-state index is -1.48. The Morgan fingerprint density at radius 1 is 1.00 bits per heavy atom. The molecular formula is C13H24N6O7. The van der Waals surface area contributed by atoms with Gasteiger partial charge in [0.1, 0.15) is 12.1 Å². The largest absolute Gasteiger partial charge is 0.481 e. The number of aliphatic carboxylic acids is 2. The Balaban J connectivity index is 4.71. The highest BCUT2D eigenvalue weighted by molar-refractivity contribution is 5.93. The van der Waals surface area contributed by atoms with Crippen LogP contribution in [-0.2, 0) is 19.2 Å². The van der Waals surface area contributed by atoms with Crippen LogP contribution in [0.4, 0.5) is 0 Å². The average Bonchev–Trinajstić information content (AvgIpc) is 2.53. The number of hydrogen-bond donors (Lipinski definition) is 8. The smallest absolute Gasteiger partial charge is 0.326 e. The number of aliphatic hydroxyl groups is 1. The SMILES string of the molecule is NC(N)=NCCCC(NC(=O)C(CO)NC(=O)C(N)CC(=O)O)C(=O)O. The summed E-state index contributed by atoms with van der Waals surface area (Å²) in [6.45, 7) is -0.677. The topological polar surface area (TPSA) is 243 Å². The van der Waals surface area contributed by atoms with Crippen LogP contribution in [-0.4, -0.2) is 76.3 Å². The molecule has 0 aliphatic heterocycles. The lowest BCUT2D eigenvalue weighted by Crippen LogP contribution is -2.56. The monoisotopic (exact) mass is 376 g/mol. The van der Waals surface area contributed by atoms with E-state index in [0.29, 0.717) is 0 Å². The van der Waals surface area contributed by atoms with E-state index in [4.69, 9.17) is 27.4 Å². The fourth-order valence-electron chi connectivity index (χ4n) is 1.79. The number of nitrogens with one attached hydrogen (secondary N) is 2. The predicted molar refractivity (Wildman–Crippen MR) is 88.7 cm³/mol. The summed E-state index contributed by atoms with van der Waals surface area (Å²) in [5, 5.41) is 31.1. The molecule has 148 valence electrons. The first-order valence-corrected chi connectivity index (χ1v) is 7.55. The number of nitrogens with two attached hydrogens (primary N) is 3. The van der Waals surface area contributed by atoms with Crippen molar-refractivity contribution in [2.75, 3.05) is 13.2 Å². The molecule has 13 nitrogen and oxygen atoms in total. The zero-order valence-corrected chi connectivity index (χ0v) is 13.9. The van der Waals surface area contributed by atoms with E-state index in [0.717, 1.165) is 0 Å². The van der Waals surface area contributed by atoms with Crippen LogP contribution in [0.2, 0.25) is 0 Å². The van der Waals surface area contributed by atoms with Gasteiger partial charge in [-0.2, -0.15) is 0 Å². The van der Waals surface area contributed by atoms with Gasteiger partial charge in [0.2, 0.25) is 11.8 Å². The first-order chi connectivity index (χ1) is 12.1. The Morgan fingerprint density at radius 2 is 1.58 bits per heavy atom. The van der Waals surface area contributed by atoms with E-state index in [1.165, 1.54) is 0 Å². The second-order valence-electron chi connectivity index (χ2n) is 5.30. The highest BCUT2D eigenvalue weighted by Crippen LogP contribution is 2.00. The molecule has 0 aliphatic carbocycles. The van der Waals surface area contributed by atoms with Crippen molar-refractivity contribution >= 4 is 29.7 Å². The van der Waals surface area contributed by atoms with E-state index in [9.17, 15) is 24.3 Å². The molecule has 0 fully saturated rings. The van der Waals surface area contributed by atoms with Crippen LogP contribution in [0.25, 0.3) is 0 Å². The van der Waals surface area contributed by atoms with Crippen molar-refractivity contribution in [1.82, 2.24) is 10.6 Å². The third-order valence-electron chi connectivity index (χ3n) is 3.11. The summed E-state index contributed by atoms with van der Waals surface area (Å²) < 4.78 is 0. The third-order valence-corrected chi connectivity index (χ3v) is 3.11. The zero-order chi connectivity index (χ0) is 20.3. The lowest BCUT2D eigenvalue weighted by molar-refractivity contribution is -0.143. The summed E-state index contributed by atoms with van der Waals surface area (Å²) in [4.78, 5) is 49.1. The molecule has 0 bridgehead atoms. The third kappa shape index (κ3) is 9.39. The van der Waals surface area contributed by atoms with Gasteiger partial charge in [0, 0.05) is 6.54 Å². The van der Waals surface area contributed by atoms with Gasteiger partial charge in [0.05, 0.1) is 19.1 Å². The Morgan fingerprint density at radius 3 is 2.04 bits per heavy atom. The number of carboxylic acids is 2. The fourth-order valence-corrected chi connectivity index (χ4v) is 1.79. The highest BCUT2D eigenvalue weighted by Gasteiger charge is 2.27. The zero-order valence-electron chi connectivity index (χ0n) is 13.9. The molecule has 0 spiro atoms. The number of carbonyl (C=O) groups is 4. The molecule has 13 heteroatoms. The van der Waals surface area contributed by atoms with Crippen LogP contribution in [0.15, 0.2) is 4.99 Å². The molecule has 0 radical (unpaired) electrons. The summed E-state index contributed by atoms with van der Waals surface area (Å²) in [5.41, 5.74) is 15.6. The number of guanidine groups is 1. The van der Waals surface area contributed by atoms with Crippen molar-refractivity contribution in [3.8, 4) is 0 Å². The predicted octanol–water partition coefficient (Wildman–Crippen LogP) is -4.11. The molecule has 0 heterocycles. The Labute approximate surface area is 148 Å². The molecule has 0 aromatic heterocycles. The number of carbonyl (C=O) groups excluding carboxylic acids is 2. The second kappa shape index (κ2) is 11.6. The van der Waals surface area contributed by atoms with Gasteiger partial charge >= 0.3 is 11.9 Å². The highest BCUT2D eigenvalue weighted by atomic mass is 16.4. The number of aliphatic hydroxyl groups excluding tert-OH is 1. The molecule has 3 unspecified atom stereocenters. The van der Waals surface area contributed by atoms with Crippen molar-refractivity contribution in [3.63, 3.8) is 0 Å². The number of nitrogens with zero attached hydrogens (tertiary/aromatic N) is 1. The maximum Gasteiger partial charge on any atom is 0.326 e. The standard InChI is InChI=1S/C13H24N6O7/c14-6(4-9(21)22)10(23)19-8(5-20)11(24)18-7(12(25)26)2-1-3-17-13(15)16/h6-8,20H,1-5,14H2,(H,18,24)(H,19,23)(H,21,22)(H,25,26)(H4,15,16,17). The molecule has 0 saturated heterocycles. The minimum absolute atomic E-state index is 0.00246. The summed E-state index contributed by atoms with van der Waals surface area (Å²) in [7, 11) is 0. The van der Waals surface area contributed by atoms with E-state index < -0.39 is 54.9 Å². The van der Waals surface area contributed by atoms with Crippen LogP contribution in [0.5, 0.6) is 0 Å². The molecule has 0 aliphatic rings. The summed E-state index contributed by atoms with van der Waals surface area (Å²) in [6.07, 6.45) is -0.411. The van der Waals surface area contributed by atoms with Gasteiger partial charge < -0.3 is 43.2 Å². The Bertz CT molecular complexity index is 549. The molecule has 0 aromatic carbocycles. The normalized spacial score (nSPS) is 13.8. The Kier molecular flexibility index (Phi) is 10.3. The maximum absolute atomic E-state index is 12.0. The van der Waals surface area contributed by atoms with Crippen molar-refractivity contribution < 1.29 is 34.5 Å². The van der Waals surface area contributed by atoms with Gasteiger partial charge in [-0.25, -0.2) is 4.79 Å². The molecule has 0 aromatic rings. The fraction of sp³-hybridized carbons (Fsp3) is 0.615. The van der Waals surface area contributed by atoms with Gasteiger partial charge in [0.15, 0.2) is 5.96 Å². The summed E-state index contributed by atoms with van der Waals surface area (Å²) >= 11 is 0. The van der Waals surface area contributed by atoms with Crippen LogP contribution in [0.3, 0.4) is 0 Å². The lowest BCUT2D eigenvalue weighted by atomic mass is 10.1. The van der Waals surface area contributed by atoms with Crippen molar-refractivity contribution in [1.29, 1.82) is 0 Å². The van der Waals surface area contributed by atoms with Gasteiger partial charge in [-0.1, -0.05) is 0 Å². The maximum atomic E-state index is 12.0. The summed E-state index contributed by atoms with van der Waals surface area (Å²) in [6, 6.07) is -4.21. The van der Waals surface area contributed by atoms with Crippen molar-refractivity contribution in [2.45, 2.75) is 37.4 Å². The van der Waals surface area contributed by atoms with E-state index >= 15 is 0 Å². The first kappa shape index (κ1) is 23.1. The molecule has 0 rings (SSSR count). The molecule has 2 amide bonds. The molecule has 3 atom stereocenters. The van der Waals surface area contributed by atoms with Crippen LogP contribution >= 0.6 is 0 Å². The van der Waals surface area contributed by atoms with Gasteiger partial charge in [-0.05, 0) is 12.8 Å². The van der Waals surface area contributed by atoms with Crippen LogP contribution in [0.1, 0.15) is 19.3 Å². The number of amides is 2. The number of aliphatic imine (C=N–C) groups is 1. The van der Waals surface area contributed by atoms with Gasteiger partial charge in [-0.3, -0.25) is 19.4 Å². The minimum Gasteiger partial charge on any atom is -0.481 e. The first-order valence-electron chi connectivity index (χ1n) is 7.55. The van der Waals surface area contributed by atoms with Gasteiger partial charge in [0.25, 0.3) is 0 Å². The molecule has 26 heavy (non-hydrogen) atoms. The van der Waals surface area contributed by atoms with Crippen molar-refractivity contribution in [3.05, 3.63) is 0 Å². The van der Waals surface area contributed by atoms with Crippen LogP contribution in [0, 0.1) is 0 Å². The molecular weight excluding hydrogens is 352 g/mol. The number of carboxylic acid groups (broad SMARTS) is 2. The van der Waals surface area contributed by atoms with Gasteiger partial charge in [-0.15, -0.1) is 0 Å². The van der Waals surface area contributed by atoms with E-state index in [2.05, 4.69) is 15.6 Å². The Hall–Kier alpha value is -2.93. The summed E-state index contributed by atoms with van der Waals surface area (Å²) in [5.74, 6) is -4.72. The average molecular weight is 376 g/mol. The second-order valence-corrected chi connectivity index (χ2v) is 5.30. The molecule has 11 N–H and O–H groups in total. The van der Waals surface area contributed by atoms with E-state index in [-0.39, 0.29) is 25.3 Å². The lowest BCUT2D eigenvalue weighted by Gasteiger charge is -2.21. The van der Waals surface area contributed by atoms with Crippen LogP contribution < -0.4 is 27.8 Å². The van der Waals surface area contributed by atoms with Crippen molar-refractivity contribution in [2.24, 2.45) is 22.2 Å².